The Balaban J connectivity index is 2.14. The van der Waals surface area contributed by atoms with Gasteiger partial charge >= 0.3 is 0 Å². The molecule has 22 heavy (non-hydrogen) atoms. The lowest BCUT2D eigenvalue weighted by Gasteiger charge is -2.30. The Bertz CT molecular complexity index is 677. The molecule has 0 saturated carbocycles. The number of ether oxygens (including phenoxy) is 1. The van der Waals surface area contributed by atoms with Crippen molar-refractivity contribution in [3.8, 4) is 5.75 Å². The molecule has 2 aromatic carbocycles. The molecule has 0 fully saturated rings. The van der Waals surface area contributed by atoms with Crippen LogP contribution in [0.25, 0.3) is 0 Å². The Morgan fingerprint density at radius 3 is 2.73 bits per heavy atom. The molecule has 0 bridgehead atoms. The van der Waals surface area contributed by atoms with Crippen molar-refractivity contribution in [1.29, 1.82) is 0 Å². The number of aliphatic hydroxyl groups excluding tert-OH is 1. The molecule has 0 aliphatic carbocycles. The van der Waals surface area contributed by atoms with Gasteiger partial charge in [0.1, 0.15) is 18.0 Å². The molecule has 0 aromatic heterocycles. The van der Waals surface area contributed by atoms with Crippen LogP contribution in [0.2, 0.25) is 5.02 Å². The maximum Gasteiger partial charge on any atom is 0.131 e. The Labute approximate surface area is 134 Å². The van der Waals surface area contributed by atoms with Crippen molar-refractivity contribution in [3.63, 3.8) is 0 Å². The van der Waals surface area contributed by atoms with Crippen LogP contribution in [0.4, 0.5) is 0 Å². The maximum atomic E-state index is 11.4. The summed E-state index contributed by atoms with van der Waals surface area (Å²) in [6.45, 7) is 0.994. The predicted molar refractivity (Wildman–Crippen MR) is 85.2 cm³/mol. The number of halogens is 1. The summed E-state index contributed by atoms with van der Waals surface area (Å²) in [5, 5.41) is 24.1. The van der Waals surface area contributed by atoms with E-state index in [0.29, 0.717) is 29.5 Å². The van der Waals surface area contributed by atoms with Crippen molar-refractivity contribution in [2.45, 2.75) is 12.2 Å². The lowest BCUT2D eigenvalue weighted by Crippen LogP contribution is -2.40. The van der Waals surface area contributed by atoms with Gasteiger partial charge in [-0.05, 0) is 17.7 Å². The van der Waals surface area contributed by atoms with Crippen molar-refractivity contribution in [3.05, 3.63) is 64.2 Å². The van der Waals surface area contributed by atoms with Gasteiger partial charge in [-0.15, -0.1) is 0 Å². The van der Waals surface area contributed by atoms with Crippen molar-refractivity contribution >= 4 is 11.6 Å². The van der Waals surface area contributed by atoms with Gasteiger partial charge < -0.3 is 20.3 Å². The highest BCUT2D eigenvalue weighted by Crippen LogP contribution is 2.41. The largest absolute Gasteiger partial charge is 0.488 e. The quantitative estimate of drug-likeness (QED) is 0.755. The molecule has 3 rings (SSSR count). The average molecular weight is 320 g/mol. The SMILES string of the molecule is OCCNCC1(O)c2ccccc2OCc2c(Cl)cccc21. The molecule has 3 N–H and O–H groups in total. The minimum Gasteiger partial charge on any atom is -0.488 e. The Morgan fingerprint density at radius 2 is 1.91 bits per heavy atom. The first-order valence-electron chi connectivity index (χ1n) is 7.21. The van der Waals surface area contributed by atoms with E-state index in [-0.39, 0.29) is 13.2 Å². The van der Waals surface area contributed by atoms with Crippen LogP contribution in [0, 0.1) is 0 Å². The van der Waals surface area contributed by atoms with Gasteiger partial charge in [-0.3, -0.25) is 0 Å². The molecular formula is C17H18ClNO3. The number of para-hydroxylation sites is 1. The molecule has 5 heteroatoms. The van der Waals surface area contributed by atoms with Crippen LogP contribution in [-0.2, 0) is 12.2 Å². The van der Waals surface area contributed by atoms with Crippen LogP contribution in [0.15, 0.2) is 42.5 Å². The summed E-state index contributed by atoms with van der Waals surface area (Å²) in [5.74, 6) is 0.642. The van der Waals surface area contributed by atoms with Crippen molar-refractivity contribution in [1.82, 2.24) is 5.32 Å². The molecule has 1 atom stereocenters. The van der Waals surface area contributed by atoms with Gasteiger partial charge in [-0.1, -0.05) is 41.9 Å². The summed E-state index contributed by atoms with van der Waals surface area (Å²) < 4.78 is 5.84. The molecule has 1 aliphatic rings. The van der Waals surface area contributed by atoms with Gasteiger partial charge in [0.25, 0.3) is 0 Å². The second kappa shape index (κ2) is 6.26. The van der Waals surface area contributed by atoms with E-state index in [2.05, 4.69) is 5.32 Å². The van der Waals surface area contributed by atoms with E-state index in [1.165, 1.54) is 0 Å². The van der Waals surface area contributed by atoms with Crippen molar-refractivity contribution in [2.24, 2.45) is 0 Å². The number of fused-ring (bicyclic) bond motifs is 2. The molecule has 4 nitrogen and oxygen atoms in total. The molecule has 0 spiro atoms. The highest BCUT2D eigenvalue weighted by molar-refractivity contribution is 6.31. The second-order valence-electron chi connectivity index (χ2n) is 5.31. The van der Waals surface area contributed by atoms with E-state index in [0.717, 1.165) is 11.1 Å². The van der Waals surface area contributed by atoms with E-state index in [1.54, 1.807) is 6.07 Å². The Morgan fingerprint density at radius 1 is 1.14 bits per heavy atom. The zero-order valence-electron chi connectivity index (χ0n) is 12.1. The van der Waals surface area contributed by atoms with Crippen molar-refractivity contribution < 1.29 is 14.9 Å². The molecule has 1 unspecified atom stereocenters. The van der Waals surface area contributed by atoms with Crippen LogP contribution in [-0.4, -0.2) is 29.9 Å². The number of nitrogens with one attached hydrogen (secondary N) is 1. The average Bonchev–Trinajstić information content (AvgIpc) is 2.65. The van der Waals surface area contributed by atoms with E-state index in [9.17, 15) is 5.11 Å². The van der Waals surface area contributed by atoms with Gasteiger partial charge in [0.05, 0.1) is 6.61 Å². The summed E-state index contributed by atoms with van der Waals surface area (Å²) in [7, 11) is 0. The molecular weight excluding hydrogens is 302 g/mol. The molecule has 0 saturated heterocycles. The number of benzene rings is 2. The third-order valence-electron chi connectivity index (χ3n) is 3.94. The smallest absolute Gasteiger partial charge is 0.131 e. The first-order chi connectivity index (χ1) is 10.7. The van der Waals surface area contributed by atoms with Crippen LogP contribution >= 0.6 is 11.6 Å². The van der Waals surface area contributed by atoms with E-state index in [1.807, 2.05) is 36.4 Å². The summed E-state index contributed by atoms with van der Waals surface area (Å²) >= 11 is 6.29. The number of hydrogen-bond acceptors (Lipinski definition) is 4. The van der Waals surface area contributed by atoms with Gasteiger partial charge in [-0.2, -0.15) is 0 Å². The number of rotatable bonds is 4. The lowest BCUT2D eigenvalue weighted by molar-refractivity contribution is 0.0779. The van der Waals surface area contributed by atoms with Crippen LogP contribution in [0.1, 0.15) is 16.7 Å². The fourth-order valence-electron chi connectivity index (χ4n) is 2.86. The molecule has 2 aromatic rings. The van der Waals surface area contributed by atoms with Gasteiger partial charge in [0, 0.05) is 29.2 Å². The minimum atomic E-state index is -1.26. The van der Waals surface area contributed by atoms with Crippen LogP contribution in [0.5, 0.6) is 5.75 Å². The fourth-order valence-corrected chi connectivity index (χ4v) is 3.09. The molecule has 0 radical (unpaired) electrons. The zero-order chi connectivity index (χ0) is 15.6. The van der Waals surface area contributed by atoms with Crippen LogP contribution < -0.4 is 10.1 Å². The standard InChI is InChI=1S/C17H18ClNO3/c18-15-6-3-5-13-12(15)10-22-16-7-2-1-4-14(16)17(13,21)11-19-8-9-20/h1-7,19-21H,8-11H2. The summed E-state index contributed by atoms with van der Waals surface area (Å²) in [6, 6.07) is 12.9. The third-order valence-corrected chi connectivity index (χ3v) is 4.29. The maximum absolute atomic E-state index is 11.4. The summed E-state index contributed by atoms with van der Waals surface area (Å²) in [5.41, 5.74) is 0.952. The van der Waals surface area contributed by atoms with Gasteiger partial charge in [0.2, 0.25) is 0 Å². The monoisotopic (exact) mass is 319 g/mol. The first-order valence-corrected chi connectivity index (χ1v) is 7.59. The molecule has 0 amide bonds. The highest BCUT2D eigenvalue weighted by Gasteiger charge is 2.38. The van der Waals surface area contributed by atoms with Gasteiger partial charge in [0.15, 0.2) is 0 Å². The van der Waals surface area contributed by atoms with Gasteiger partial charge in [-0.25, -0.2) is 0 Å². The van der Waals surface area contributed by atoms with E-state index in [4.69, 9.17) is 21.4 Å². The topological polar surface area (TPSA) is 61.7 Å². The van der Waals surface area contributed by atoms with E-state index >= 15 is 0 Å². The Kier molecular flexibility index (Phi) is 4.36. The normalized spacial score (nSPS) is 19.8. The minimum absolute atomic E-state index is 0.0105. The zero-order valence-corrected chi connectivity index (χ0v) is 12.8. The fraction of sp³-hybridized carbons (Fsp3) is 0.294. The third kappa shape index (κ3) is 2.59. The summed E-state index contributed by atoms with van der Waals surface area (Å²) in [4.78, 5) is 0. The molecule has 1 aliphatic heterocycles. The molecule has 116 valence electrons. The number of hydrogen-bond donors (Lipinski definition) is 3. The van der Waals surface area contributed by atoms with E-state index < -0.39 is 5.60 Å². The number of aliphatic hydroxyl groups is 2. The van der Waals surface area contributed by atoms with Crippen molar-refractivity contribution in [2.75, 3.05) is 19.7 Å². The predicted octanol–water partition coefficient (Wildman–Crippen LogP) is 2.05. The summed E-state index contributed by atoms with van der Waals surface area (Å²) in [6.07, 6.45) is 0. The first kappa shape index (κ1) is 15.3. The lowest BCUT2D eigenvalue weighted by atomic mass is 9.83. The highest BCUT2D eigenvalue weighted by atomic mass is 35.5. The molecule has 1 heterocycles. The van der Waals surface area contributed by atoms with Crippen LogP contribution in [0.3, 0.4) is 0 Å². The second-order valence-corrected chi connectivity index (χ2v) is 5.72. The Hall–Kier alpha value is -1.59.